The van der Waals surface area contributed by atoms with Gasteiger partial charge < -0.3 is 15.1 Å². The van der Waals surface area contributed by atoms with Crippen LogP contribution in [0, 0.1) is 6.92 Å². The van der Waals surface area contributed by atoms with Crippen LogP contribution >= 0.6 is 0 Å². The Morgan fingerprint density at radius 3 is 2.67 bits per heavy atom. The molecular weight excluding hydrogens is 338 g/mol. The summed E-state index contributed by atoms with van der Waals surface area (Å²) >= 11 is 0. The summed E-state index contributed by atoms with van der Waals surface area (Å²) < 4.78 is 0. The van der Waals surface area contributed by atoms with Crippen molar-refractivity contribution in [3.63, 3.8) is 0 Å². The number of carbonyl (C=O) groups excluding carboxylic acids is 2. The Labute approximate surface area is 163 Å². The van der Waals surface area contributed by atoms with Crippen LogP contribution in [0.5, 0.6) is 0 Å². The molecule has 5 nitrogen and oxygen atoms in total. The molecule has 0 spiro atoms. The van der Waals surface area contributed by atoms with E-state index >= 15 is 0 Å². The van der Waals surface area contributed by atoms with E-state index < -0.39 is 0 Å². The summed E-state index contributed by atoms with van der Waals surface area (Å²) in [7, 11) is 0. The number of hydrogen-bond donors (Lipinski definition) is 1. The number of likely N-dealkylation sites (N-methyl/N-ethyl adjacent to an activating group) is 1. The Bertz CT molecular complexity index is 699. The van der Waals surface area contributed by atoms with Crippen molar-refractivity contribution in [2.45, 2.75) is 53.0 Å². The number of anilines is 1. The lowest BCUT2D eigenvalue weighted by atomic mass is 10.0. The van der Waals surface area contributed by atoms with Crippen LogP contribution in [0.4, 0.5) is 5.69 Å². The van der Waals surface area contributed by atoms with Gasteiger partial charge in [0.1, 0.15) is 0 Å². The molecule has 0 radical (unpaired) electrons. The van der Waals surface area contributed by atoms with E-state index in [2.05, 4.69) is 18.8 Å². The maximum Gasteiger partial charge on any atom is 0.254 e. The third-order valence-electron chi connectivity index (χ3n) is 5.16. The SMILES string of the molecule is C=C(C)CN(CC)C(=O)CNc1ccc(C(=O)N2CCCCC2C)cc1C. The fourth-order valence-electron chi connectivity index (χ4n) is 3.55. The molecule has 1 aliphatic rings. The minimum atomic E-state index is 0.0437. The number of carbonyl (C=O) groups is 2. The molecule has 1 saturated heterocycles. The summed E-state index contributed by atoms with van der Waals surface area (Å²) in [5.41, 5.74) is 3.55. The van der Waals surface area contributed by atoms with E-state index in [1.54, 1.807) is 4.90 Å². The average Bonchev–Trinajstić information content (AvgIpc) is 2.64. The fraction of sp³-hybridized carbons (Fsp3) is 0.545. The van der Waals surface area contributed by atoms with E-state index in [1.807, 2.05) is 43.9 Å². The zero-order valence-electron chi connectivity index (χ0n) is 17.2. The van der Waals surface area contributed by atoms with Crippen LogP contribution in [-0.4, -0.2) is 53.8 Å². The molecule has 2 rings (SSSR count). The molecule has 2 amide bonds. The smallest absolute Gasteiger partial charge is 0.254 e. The van der Waals surface area contributed by atoms with Gasteiger partial charge in [-0.15, -0.1) is 0 Å². The molecule has 27 heavy (non-hydrogen) atoms. The number of rotatable bonds is 7. The van der Waals surface area contributed by atoms with Crippen molar-refractivity contribution in [3.8, 4) is 0 Å². The Hall–Kier alpha value is -2.30. The van der Waals surface area contributed by atoms with Crippen molar-refractivity contribution in [2.24, 2.45) is 0 Å². The van der Waals surface area contributed by atoms with E-state index in [0.29, 0.717) is 19.1 Å². The third-order valence-corrected chi connectivity index (χ3v) is 5.16. The zero-order valence-corrected chi connectivity index (χ0v) is 17.2. The quantitative estimate of drug-likeness (QED) is 0.741. The minimum Gasteiger partial charge on any atom is -0.376 e. The highest BCUT2D eigenvalue weighted by Gasteiger charge is 2.24. The van der Waals surface area contributed by atoms with Gasteiger partial charge in [-0.05, 0) is 70.7 Å². The van der Waals surface area contributed by atoms with Crippen LogP contribution in [0.25, 0.3) is 0 Å². The van der Waals surface area contributed by atoms with Gasteiger partial charge in [0, 0.05) is 36.9 Å². The maximum absolute atomic E-state index is 12.8. The number of piperidine rings is 1. The van der Waals surface area contributed by atoms with Crippen LogP contribution < -0.4 is 5.32 Å². The van der Waals surface area contributed by atoms with E-state index in [0.717, 1.165) is 41.8 Å². The molecule has 1 aromatic carbocycles. The number of nitrogens with one attached hydrogen (secondary N) is 1. The predicted octanol–water partition coefficient (Wildman–Crippen LogP) is 3.85. The maximum atomic E-state index is 12.8. The third kappa shape index (κ3) is 5.59. The monoisotopic (exact) mass is 371 g/mol. The second kappa shape index (κ2) is 9.58. The Morgan fingerprint density at radius 1 is 1.33 bits per heavy atom. The molecular formula is C22H33N3O2. The largest absolute Gasteiger partial charge is 0.376 e. The number of likely N-dealkylation sites (tertiary alicyclic amines) is 1. The van der Waals surface area contributed by atoms with E-state index in [-0.39, 0.29) is 18.4 Å². The topological polar surface area (TPSA) is 52.7 Å². The van der Waals surface area contributed by atoms with Crippen molar-refractivity contribution >= 4 is 17.5 Å². The molecule has 5 heteroatoms. The van der Waals surface area contributed by atoms with Crippen molar-refractivity contribution in [1.82, 2.24) is 9.80 Å². The molecule has 1 heterocycles. The summed E-state index contributed by atoms with van der Waals surface area (Å²) in [4.78, 5) is 28.9. The van der Waals surface area contributed by atoms with Gasteiger partial charge in [0.25, 0.3) is 5.91 Å². The Morgan fingerprint density at radius 2 is 2.07 bits per heavy atom. The fourth-order valence-corrected chi connectivity index (χ4v) is 3.55. The molecule has 0 aliphatic carbocycles. The van der Waals surface area contributed by atoms with Gasteiger partial charge in [0.05, 0.1) is 6.54 Å². The normalized spacial score (nSPS) is 16.7. The number of amides is 2. The van der Waals surface area contributed by atoms with Gasteiger partial charge in [-0.3, -0.25) is 9.59 Å². The summed E-state index contributed by atoms with van der Waals surface area (Å²) in [6, 6.07) is 5.98. The molecule has 1 aliphatic heterocycles. The molecule has 1 fully saturated rings. The first-order valence-electron chi connectivity index (χ1n) is 9.91. The van der Waals surface area contributed by atoms with Gasteiger partial charge in [-0.25, -0.2) is 0 Å². The molecule has 1 aromatic rings. The van der Waals surface area contributed by atoms with Gasteiger partial charge in [0.15, 0.2) is 0 Å². The number of benzene rings is 1. The first-order chi connectivity index (χ1) is 12.8. The van der Waals surface area contributed by atoms with Crippen LogP contribution in [0.3, 0.4) is 0 Å². The van der Waals surface area contributed by atoms with Crippen LogP contribution in [-0.2, 0) is 4.79 Å². The van der Waals surface area contributed by atoms with Gasteiger partial charge in [-0.2, -0.15) is 0 Å². The first-order valence-corrected chi connectivity index (χ1v) is 9.91. The summed E-state index contributed by atoms with van der Waals surface area (Å²) in [5.74, 6) is 0.147. The minimum absolute atomic E-state index is 0.0437. The van der Waals surface area contributed by atoms with Gasteiger partial charge in [0.2, 0.25) is 5.91 Å². The predicted molar refractivity (Wildman–Crippen MR) is 111 cm³/mol. The molecule has 148 valence electrons. The second-order valence-electron chi connectivity index (χ2n) is 7.59. The number of aryl methyl sites for hydroxylation is 1. The van der Waals surface area contributed by atoms with E-state index in [9.17, 15) is 9.59 Å². The van der Waals surface area contributed by atoms with Crippen molar-refractivity contribution in [2.75, 3.05) is 31.5 Å². The lowest BCUT2D eigenvalue weighted by molar-refractivity contribution is -0.128. The number of nitrogens with zero attached hydrogens (tertiary/aromatic N) is 2. The highest BCUT2D eigenvalue weighted by Crippen LogP contribution is 2.22. The molecule has 1 unspecified atom stereocenters. The Balaban J connectivity index is 2.00. The van der Waals surface area contributed by atoms with Crippen molar-refractivity contribution in [3.05, 3.63) is 41.5 Å². The highest BCUT2D eigenvalue weighted by molar-refractivity contribution is 5.95. The molecule has 0 aromatic heterocycles. The standard InChI is InChI=1S/C22H33N3O2/c1-6-24(15-16(2)3)21(26)14-23-20-11-10-19(13-17(20)4)22(27)25-12-8-7-9-18(25)5/h10-11,13,18,23H,2,6-9,12,14-15H2,1,3-5H3. The van der Waals surface area contributed by atoms with Crippen LogP contribution in [0.2, 0.25) is 0 Å². The summed E-state index contributed by atoms with van der Waals surface area (Å²) in [5, 5.41) is 3.21. The summed E-state index contributed by atoms with van der Waals surface area (Å²) in [6.45, 7) is 14.2. The van der Waals surface area contributed by atoms with Gasteiger partial charge >= 0.3 is 0 Å². The Kier molecular flexibility index (Phi) is 7.45. The van der Waals surface area contributed by atoms with Crippen LogP contribution in [0.15, 0.2) is 30.4 Å². The van der Waals surface area contributed by atoms with E-state index in [4.69, 9.17) is 0 Å². The van der Waals surface area contributed by atoms with Crippen molar-refractivity contribution in [1.29, 1.82) is 0 Å². The van der Waals surface area contributed by atoms with Crippen LogP contribution in [0.1, 0.15) is 56.0 Å². The number of hydrogen-bond acceptors (Lipinski definition) is 3. The summed E-state index contributed by atoms with van der Waals surface area (Å²) in [6.07, 6.45) is 3.35. The molecule has 0 saturated carbocycles. The highest BCUT2D eigenvalue weighted by atomic mass is 16.2. The molecule has 0 bridgehead atoms. The molecule has 1 atom stereocenters. The lowest BCUT2D eigenvalue weighted by Crippen LogP contribution is -2.42. The lowest BCUT2D eigenvalue weighted by Gasteiger charge is -2.33. The average molecular weight is 372 g/mol. The zero-order chi connectivity index (χ0) is 20.0. The van der Waals surface area contributed by atoms with Gasteiger partial charge in [-0.1, -0.05) is 12.2 Å². The van der Waals surface area contributed by atoms with E-state index in [1.165, 1.54) is 6.42 Å². The molecule has 1 N–H and O–H groups in total. The van der Waals surface area contributed by atoms with Crippen molar-refractivity contribution < 1.29 is 9.59 Å². The second-order valence-corrected chi connectivity index (χ2v) is 7.59. The first kappa shape index (κ1) is 21.0.